The van der Waals surface area contributed by atoms with Gasteiger partial charge in [-0.3, -0.25) is 9.59 Å². The van der Waals surface area contributed by atoms with Gasteiger partial charge in [-0.05, 0) is 38.1 Å². The first-order valence-corrected chi connectivity index (χ1v) is 9.22. The predicted octanol–water partition coefficient (Wildman–Crippen LogP) is 2.89. The fraction of sp³-hybridized carbons (Fsp3) is 0.200. The number of esters is 1. The van der Waals surface area contributed by atoms with Gasteiger partial charge in [0.1, 0.15) is 12.3 Å². The van der Waals surface area contributed by atoms with Crippen LogP contribution in [-0.4, -0.2) is 44.9 Å². The van der Waals surface area contributed by atoms with Crippen LogP contribution in [0.2, 0.25) is 5.02 Å². The second-order valence-corrected chi connectivity index (χ2v) is 6.57. The van der Waals surface area contributed by atoms with E-state index in [0.29, 0.717) is 16.1 Å². The van der Waals surface area contributed by atoms with Crippen LogP contribution in [0.15, 0.2) is 42.9 Å². The van der Waals surface area contributed by atoms with Crippen molar-refractivity contribution in [1.82, 2.24) is 20.1 Å². The number of aromatic nitrogens is 3. The molecule has 0 aliphatic heterocycles. The number of halogens is 1. The molecule has 1 aromatic carbocycles. The van der Waals surface area contributed by atoms with Crippen LogP contribution in [0, 0.1) is 6.92 Å². The fourth-order valence-electron chi connectivity index (χ4n) is 2.69. The summed E-state index contributed by atoms with van der Waals surface area (Å²) in [6.45, 7) is 3.26. The highest BCUT2D eigenvalue weighted by Gasteiger charge is 2.19. The van der Waals surface area contributed by atoms with Crippen LogP contribution >= 0.6 is 11.6 Å². The Morgan fingerprint density at radius 2 is 1.97 bits per heavy atom. The van der Waals surface area contributed by atoms with Gasteiger partial charge in [0.05, 0.1) is 18.5 Å². The number of aromatic hydroxyl groups is 1. The molecule has 0 fully saturated rings. The van der Waals surface area contributed by atoms with E-state index in [-0.39, 0.29) is 24.6 Å². The fourth-order valence-corrected chi connectivity index (χ4v) is 2.82. The largest absolute Gasteiger partial charge is 0.505 e. The number of hydrogen-bond donors (Lipinski definition) is 2. The lowest BCUT2D eigenvalue weighted by Crippen LogP contribution is -2.31. The van der Waals surface area contributed by atoms with Crippen LogP contribution < -0.4 is 5.32 Å². The molecule has 8 nitrogen and oxygen atoms in total. The zero-order valence-electron chi connectivity index (χ0n) is 15.8. The summed E-state index contributed by atoms with van der Waals surface area (Å²) in [5, 5.41) is 17.8. The topological polar surface area (TPSA) is 106 Å². The van der Waals surface area contributed by atoms with E-state index in [0.717, 1.165) is 11.3 Å². The SMILES string of the molecule is CCOC(=O)CNC(=O)c1ncc(-c2cnn(-c3ccc(Cl)cc3)c2)c(C)c1O. The number of ether oxygens (including phenoxy) is 1. The lowest BCUT2D eigenvalue weighted by Gasteiger charge is -2.10. The maximum atomic E-state index is 12.2. The number of nitrogens with zero attached hydrogens (tertiary/aromatic N) is 3. The quantitative estimate of drug-likeness (QED) is 0.601. The molecule has 0 atom stereocenters. The number of benzene rings is 1. The van der Waals surface area contributed by atoms with Gasteiger partial charge in [0, 0.05) is 34.1 Å². The lowest BCUT2D eigenvalue weighted by atomic mass is 10.0. The molecule has 0 bridgehead atoms. The third-order valence-corrected chi connectivity index (χ3v) is 4.46. The van der Waals surface area contributed by atoms with Crippen LogP contribution in [0.4, 0.5) is 0 Å². The highest BCUT2D eigenvalue weighted by molar-refractivity contribution is 6.30. The summed E-state index contributed by atoms with van der Waals surface area (Å²) in [5.41, 5.74) is 2.48. The number of carbonyl (C=O) groups excluding carboxylic acids is 2. The van der Waals surface area contributed by atoms with E-state index in [1.165, 1.54) is 6.20 Å². The summed E-state index contributed by atoms with van der Waals surface area (Å²) in [7, 11) is 0. The van der Waals surface area contributed by atoms with E-state index in [4.69, 9.17) is 16.3 Å². The van der Waals surface area contributed by atoms with Crippen molar-refractivity contribution in [2.45, 2.75) is 13.8 Å². The van der Waals surface area contributed by atoms with E-state index in [2.05, 4.69) is 15.4 Å². The summed E-state index contributed by atoms with van der Waals surface area (Å²) in [5.74, 6) is -1.49. The van der Waals surface area contributed by atoms with Crippen molar-refractivity contribution in [2.75, 3.05) is 13.2 Å². The third kappa shape index (κ3) is 4.55. The smallest absolute Gasteiger partial charge is 0.325 e. The van der Waals surface area contributed by atoms with Crippen LogP contribution in [0.3, 0.4) is 0 Å². The molecule has 2 heterocycles. The molecule has 29 heavy (non-hydrogen) atoms. The molecule has 2 N–H and O–H groups in total. The van der Waals surface area contributed by atoms with Gasteiger partial charge in [0.2, 0.25) is 0 Å². The Kier molecular flexibility index (Phi) is 6.13. The average Bonchev–Trinajstić information content (AvgIpc) is 3.19. The van der Waals surface area contributed by atoms with Gasteiger partial charge in [0.15, 0.2) is 5.69 Å². The Morgan fingerprint density at radius 1 is 1.24 bits per heavy atom. The van der Waals surface area contributed by atoms with E-state index in [1.807, 2.05) is 12.1 Å². The van der Waals surface area contributed by atoms with Crippen LogP contribution in [0.5, 0.6) is 5.75 Å². The molecule has 150 valence electrons. The van der Waals surface area contributed by atoms with Gasteiger partial charge in [-0.25, -0.2) is 9.67 Å². The highest BCUT2D eigenvalue weighted by Crippen LogP contribution is 2.31. The molecule has 3 aromatic rings. The van der Waals surface area contributed by atoms with Crippen molar-refractivity contribution < 1.29 is 19.4 Å². The Bertz CT molecular complexity index is 1050. The van der Waals surface area contributed by atoms with Crippen molar-refractivity contribution in [3.8, 4) is 22.6 Å². The van der Waals surface area contributed by atoms with Crippen LogP contribution in [0.1, 0.15) is 23.0 Å². The number of nitrogens with one attached hydrogen (secondary N) is 1. The molecule has 0 aliphatic rings. The first-order chi connectivity index (χ1) is 13.9. The molecule has 0 aliphatic carbocycles. The van der Waals surface area contributed by atoms with E-state index in [1.54, 1.807) is 43.1 Å². The number of amides is 1. The number of hydrogen-bond acceptors (Lipinski definition) is 6. The molecule has 0 spiro atoms. The van der Waals surface area contributed by atoms with Crippen molar-refractivity contribution in [3.05, 3.63) is 59.1 Å². The summed E-state index contributed by atoms with van der Waals surface area (Å²) in [6.07, 6.45) is 4.91. The third-order valence-electron chi connectivity index (χ3n) is 4.20. The Balaban J connectivity index is 1.82. The molecular formula is C20H19ClN4O4. The van der Waals surface area contributed by atoms with E-state index >= 15 is 0 Å². The Hall–Kier alpha value is -3.39. The predicted molar refractivity (Wildman–Crippen MR) is 107 cm³/mol. The Labute approximate surface area is 172 Å². The van der Waals surface area contributed by atoms with Gasteiger partial charge in [0.25, 0.3) is 5.91 Å². The number of rotatable bonds is 6. The second kappa shape index (κ2) is 8.74. The van der Waals surface area contributed by atoms with Crippen molar-refractivity contribution in [2.24, 2.45) is 0 Å². The number of pyridine rings is 1. The maximum absolute atomic E-state index is 12.2. The maximum Gasteiger partial charge on any atom is 0.325 e. The first kappa shape index (κ1) is 20.3. The minimum atomic E-state index is -0.665. The van der Waals surface area contributed by atoms with Gasteiger partial charge >= 0.3 is 5.97 Å². The molecule has 0 saturated heterocycles. The Morgan fingerprint density at radius 3 is 2.66 bits per heavy atom. The zero-order chi connectivity index (χ0) is 21.0. The van der Waals surface area contributed by atoms with Gasteiger partial charge in [-0.1, -0.05) is 11.6 Å². The van der Waals surface area contributed by atoms with Crippen molar-refractivity contribution >= 4 is 23.5 Å². The van der Waals surface area contributed by atoms with Crippen LogP contribution in [-0.2, 0) is 9.53 Å². The van der Waals surface area contributed by atoms with Crippen LogP contribution in [0.25, 0.3) is 16.8 Å². The standard InChI is InChI=1S/C20H19ClN4O4/c1-3-29-17(26)10-23-20(28)18-19(27)12(2)16(9-22-18)13-8-24-25(11-13)15-6-4-14(21)5-7-15/h4-9,11,27H,3,10H2,1-2H3,(H,23,28). The molecule has 0 unspecified atom stereocenters. The number of carbonyl (C=O) groups is 2. The van der Waals surface area contributed by atoms with Gasteiger partial charge in [-0.2, -0.15) is 5.10 Å². The normalized spacial score (nSPS) is 10.6. The molecule has 2 aromatic heterocycles. The summed E-state index contributed by atoms with van der Waals surface area (Å²) in [6, 6.07) is 7.19. The molecule has 1 amide bonds. The molecule has 9 heteroatoms. The van der Waals surface area contributed by atoms with Crippen molar-refractivity contribution in [3.63, 3.8) is 0 Å². The summed E-state index contributed by atoms with van der Waals surface area (Å²) in [4.78, 5) is 27.7. The summed E-state index contributed by atoms with van der Waals surface area (Å²) >= 11 is 5.91. The summed E-state index contributed by atoms with van der Waals surface area (Å²) < 4.78 is 6.42. The minimum Gasteiger partial charge on any atom is -0.505 e. The van der Waals surface area contributed by atoms with Gasteiger partial charge in [-0.15, -0.1) is 0 Å². The van der Waals surface area contributed by atoms with E-state index in [9.17, 15) is 14.7 Å². The molecule has 0 saturated carbocycles. The average molecular weight is 415 g/mol. The monoisotopic (exact) mass is 414 g/mol. The molecule has 0 radical (unpaired) electrons. The first-order valence-electron chi connectivity index (χ1n) is 8.84. The van der Waals surface area contributed by atoms with Gasteiger partial charge < -0.3 is 15.2 Å². The highest BCUT2D eigenvalue weighted by atomic mass is 35.5. The molecular weight excluding hydrogens is 396 g/mol. The minimum absolute atomic E-state index is 0.166. The lowest BCUT2D eigenvalue weighted by molar-refractivity contribution is -0.141. The molecule has 3 rings (SSSR count). The van der Waals surface area contributed by atoms with Crippen molar-refractivity contribution in [1.29, 1.82) is 0 Å². The van der Waals surface area contributed by atoms with E-state index < -0.39 is 11.9 Å². The zero-order valence-corrected chi connectivity index (χ0v) is 16.6. The second-order valence-electron chi connectivity index (χ2n) is 6.13.